The lowest BCUT2D eigenvalue weighted by atomic mass is 9.90. The fraction of sp³-hybridized carbons (Fsp3) is 0.455. The molecule has 1 aliphatic rings. The van der Waals surface area contributed by atoms with Gasteiger partial charge >= 0.3 is 0 Å². The molecule has 1 aromatic carbocycles. The zero-order valence-electron chi connectivity index (χ0n) is 7.91. The molecular formula is C11H14BrNO. The molecule has 2 N–H and O–H groups in total. The molecule has 0 saturated carbocycles. The lowest BCUT2D eigenvalue weighted by Crippen LogP contribution is -2.14. The van der Waals surface area contributed by atoms with Crippen LogP contribution in [0, 0.1) is 5.92 Å². The number of hydrogen-bond acceptors (Lipinski definition) is 2. The topological polar surface area (TPSA) is 32.3 Å². The molecule has 3 heteroatoms. The van der Waals surface area contributed by atoms with Gasteiger partial charge in [0.15, 0.2) is 0 Å². The zero-order valence-corrected chi connectivity index (χ0v) is 9.50. The van der Waals surface area contributed by atoms with E-state index in [0.29, 0.717) is 11.8 Å². The molecule has 1 fully saturated rings. The van der Waals surface area contributed by atoms with Crippen LogP contribution in [0.4, 0.5) is 0 Å². The zero-order chi connectivity index (χ0) is 9.97. The summed E-state index contributed by atoms with van der Waals surface area (Å²) < 4.78 is 1.10. The summed E-state index contributed by atoms with van der Waals surface area (Å²) in [4.78, 5) is 0. The molecular weight excluding hydrogens is 242 g/mol. The summed E-state index contributed by atoms with van der Waals surface area (Å²) in [5.41, 5.74) is 1.32. The van der Waals surface area contributed by atoms with Crippen molar-refractivity contribution in [2.75, 3.05) is 19.7 Å². The van der Waals surface area contributed by atoms with Gasteiger partial charge in [-0.25, -0.2) is 0 Å². The molecule has 2 nitrogen and oxygen atoms in total. The van der Waals surface area contributed by atoms with E-state index >= 15 is 0 Å². The van der Waals surface area contributed by atoms with Gasteiger partial charge in [0.25, 0.3) is 0 Å². The van der Waals surface area contributed by atoms with Crippen molar-refractivity contribution >= 4 is 15.9 Å². The highest BCUT2D eigenvalue weighted by Gasteiger charge is 2.27. The number of halogens is 1. The molecule has 0 radical (unpaired) electrons. The molecule has 76 valence electrons. The van der Waals surface area contributed by atoms with E-state index in [-0.39, 0.29) is 6.61 Å². The summed E-state index contributed by atoms with van der Waals surface area (Å²) in [7, 11) is 0. The maximum absolute atomic E-state index is 9.20. The Labute approximate surface area is 92.5 Å². The molecule has 2 atom stereocenters. The van der Waals surface area contributed by atoms with Crippen LogP contribution in [-0.2, 0) is 0 Å². The van der Waals surface area contributed by atoms with Gasteiger partial charge in [0.05, 0.1) is 0 Å². The van der Waals surface area contributed by atoms with Crippen molar-refractivity contribution in [2.45, 2.75) is 5.92 Å². The number of nitrogens with one attached hydrogen (secondary N) is 1. The second-order valence-electron chi connectivity index (χ2n) is 3.76. The fourth-order valence-corrected chi connectivity index (χ4v) is 2.29. The van der Waals surface area contributed by atoms with Crippen molar-refractivity contribution in [3.05, 3.63) is 34.3 Å². The van der Waals surface area contributed by atoms with E-state index in [2.05, 4.69) is 45.5 Å². The highest BCUT2D eigenvalue weighted by atomic mass is 79.9. The lowest BCUT2D eigenvalue weighted by molar-refractivity contribution is 0.226. The summed E-state index contributed by atoms with van der Waals surface area (Å²) >= 11 is 3.42. The summed E-state index contributed by atoms with van der Waals surface area (Å²) in [6, 6.07) is 8.37. The number of rotatable bonds is 2. The van der Waals surface area contributed by atoms with Gasteiger partial charge in [-0.15, -0.1) is 0 Å². The van der Waals surface area contributed by atoms with Gasteiger partial charge in [-0.05, 0) is 17.7 Å². The molecule has 0 aromatic heterocycles. The number of aliphatic hydroxyl groups is 1. The van der Waals surface area contributed by atoms with E-state index in [1.54, 1.807) is 0 Å². The summed E-state index contributed by atoms with van der Waals surface area (Å²) in [5.74, 6) is 0.837. The first kappa shape index (κ1) is 10.1. The Balaban J connectivity index is 2.17. The summed E-state index contributed by atoms with van der Waals surface area (Å²) in [5, 5.41) is 12.5. The van der Waals surface area contributed by atoms with E-state index in [0.717, 1.165) is 17.6 Å². The first-order chi connectivity index (χ1) is 6.81. The van der Waals surface area contributed by atoms with Crippen molar-refractivity contribution in [2.24, 2.45) is 5.92 Å². The van der Waals surface area contributed by atoms with Crippen LogP contribution >= 0.6 is 15.9 Å². The SMILES string of the molecule is OCC1CNCC1c1ccc(Br)cc1. The maximum Gasteiger partial charge on any atom is 0.0477 e. The minimum absolute atomic E-state index is 0.272. The average Bonchev–Trinajstić information content (AvgIpc) is 2.67. The van der Waals surface area contributed by atoms with Crippen LogP contribution in [0.1, 0.15) is 11.5 Å². The van der Waals surface area contributed by atoms with Crippen molar-refractivity contribution in [1.29, 1.82) is 0 Å². The first-order valence-electron chi connectivity index (χ1n) is 4.88. The van der Waals surface area contributed by atoms with E-state index < -0.39 is 0 Å². The van der Waals surface area contributed by atoms with Crippen LogP contribution in [0.5, 0.6) is 0 Å². The van der Waals surface area contributed by atoms with Crippen LogP contribution < -0.4 is 5.32 Å². The van der Waals surface area contributed by atoms with Crippen molar-refractivity contribution < 1.29 is 5.11 Å². The molecule has 1 aromatic rings. The van der Waals surface area contributed by atoms with Gasteiger partial charge in [0.2, 0.25) is 0 Å². The average molecular weight is 256 g/mol. The van der Waals surface area contributed by atoms with E-state index in [1.807, 2.05) is 0 Å². The number of benzene rings is 1. The Hall–Kier alpha value is -0.380. The van der Waals surface area contributed by atoms with Crippen LogP contribution in [-0.4, -0.2) is 24.8 Å². The Morgan fingerprint density at radius 2 is 2.00 bits per heavy atom. The van der Waals surface area contributed by atoms with Gasteiger partial charge in [-0.2, -0.15) is 0 Å². The molecule has 14 heavy (non-hydrogen) atoms. The minimum atomic E-state index is 0.272. The fourth-order valence-electron chi connectivity index (χ4n) is 2.02. The molecule has 1 saturated heterocycles. The van der Waals surface area contributed by atoms with Gasteiger partial charge in [0, 0.05) is 36.0 Å². The molecule has 0 spiro atoms. The Bertz CT molecular complexity index is 299. The summed E-state index contributed by atoms with van der Waals surface area (Å²) in [6.07, 6.45) is 0. The molecule has 2 rings (SSSR count). The largest absolute Gasteiger partial charge is 0.396 e. The Kier molecular flexibility index (Phi) is 3.21. The molecule has 0 bridgehead atoms. The molecule has 1 heterocycles. The normalized spacial score (nSPS) is 26.7. The quantitative estimate of drug-likeness (QED) is 0.844. The molecule has 0 aliphatic carbocycles. The second kappa shape index (κ2) is 4.43. The number of aliphatic hydroxyl groups excluding tert-OH is 1. The third kappa shape index (κ3) is 2.00. The van der Waals surface area contributed by atoms with Crippen LogP contribution in [0.25, 0.3) is 0 Å². The third-order valence-corrected chi connectivity index (χ3v) is 3.40. The summed E-state index contributed by atoms with van der Waals surface area (Å²) in [6.45, 7) is 2.18. The predicted molar refractivity (Wildman–Crippen MR) is 60.3 cm³/mol. The van der Waals surface area contributed by atoms with Crippen LogP contribution in [0.2, 0.25) is 0 Å². The first-order valence-corrected chi connectivity index (χ1v) is 5.67. The monoisotopic (exact) mass is 255 g/mol. The van der Waals surface area contributed by atoms with E-state index in [1.165, 1.54) is 5.56 Å². The second-order valence-corrected chi connectivity index (χ2v) is 4.67. The molecule has 1 aliphatic heterocycles. The van der Waals surface area contributed by atoms with Gasteiger partial charge in [0.1, 0.15) is 0 Å². The van der Waals surface area contributed by atoms with Crippen LogP contribution in [0.3, 0.4) is 0 Å². The maximum atomic E-state index is 9.20. The van der Waals surface area contributed by atoms with Crippen molar-refractivity contribution in [3.63, 3.8) is 0 Å². The van der Waals surface area contributed by atoms with Gasteiger partial charge in [-0.1, -0.05) is 28.1 Å². The van der Waals surface area contributed by atoms with Gasteiger partial charge in [-0.3, -0.25) is 0 Å². The molecule has 2 unspecified atom stereocenters. The molecule has 0 amide bonds. The van der Waals surface area contributed by atoms with Crippen molar-refractivity contribution in [1.82, 2.24) is 5.32 Å². The third-order valence-electron chi connectivity index (χ3n) is 2.87. The Morgan fingerprint density at radius 1 is 1.29 bits per heavy atom. The van der Waals surface area contributed by atoms with E-state index in [4.69, 9.17) is 0 Å². The van der Waals surface area contributed by atoms with Gasteiger partial charge < -0.3 is 10.4 Å². The predicted octanol–water partition coefficient (Wildman–Crippen LogP) is 1.74. The van der Waals surface area contributed by atoms with Crippen LogP contribution in [0.15, 0.2) is 28.7 Å². The minimum Gasteiger partial charge on any atom is -0.396 e. The Morgan fingerprint density at radius 3 is 2.64 bits per heavy atom. The standard InChI is InChI=1S/C11H14BrNO/c12-10-3-1-8(2-4-10)11-6-13-5-9(11)7-14/h1-4,9,11,13-14H,5-7H2. The highest BCUT2D eigenvalue weighted by Crippen LogP contribution is 2.28. The number of hydrogen-bond donors (Lipinski definition) is 2. The highest BCUT2D eigenvalue weighted by molar-refractivity contribution is 9.10. The smallest absolute Gasteiger partial charge is 0.0477 e. The lowest BCUT2D eigenvalue weighted by Gasteiger charge is -2.16. The van der Waals surface area contributed by atoms with E-state index in [9.17, 15) is 5.11 Å². The van der Waals surface area contributed by atoms with Crippen molar-refractivity contribution in [3.8, 4) is 0 Å².